The zero-order valence-corrected chi connectivity index (χ0v) is 11.2. The van der Waals surface area contributed by atoms with Crippen molar-refractivity contribution >= 4 is 21.8 Å². The molecule has 92 valence electrons. The van der Waals surface area contributed by atoms with Gasteiger partial charge in [0.05, 0.1) is 5.75 Å². The van der Waals surface area contributed by atoms with E-state index in [-0.39, 0.29) is 11.8 Å². The molecule has 0 amide bonds. The van der Waals surface area contributed by atoms with Gasteiger partial charge in [-0.05, 0) is 37.8 Å². The average molecular weight is 254 g/mol. The van der Waals surface area contributed by atoms with Gasteiger partial charge in [-0.25, -0.2) is 13.1 Å². The van der Waals surface area contributed by atoms with Gasteiger partial charge in [-0.3, -0.25) is 0 Å². The quantitative estimate of drug-likeness (QED) is 0.597. The van der Waals surface area contributed by atoms with Crippen LogP contribution in [0.15, 0.2) is 0 Å². The summed E-state index contributed by atoms with van der Waals surface area (Å²) in [7, 11) is -3.12. The monoisotopic (exact) mass is 254 g/mol. The molecule has 3 N–H and O–H groups in total. The second-order valence-electron chi connectivity index (χ2n) is 3.47. The van der Waals surface area contributed by atoms with Crippen LogP contribution in [0.25, 0.3) is 0 Å². The molecule has 0 aliphatic carbocycles. The third kappa shape index (κ3) is 9.17. The number of nitrogens with two attached hydrogens (primary N) is 1. The summed E-state index contributed by atoms with van der Waals surface area (Å²) in [6.45, 7) is 4.41. The van der Waals surface area contributed by atoms with Gasteiger partial charge in [0.25, 0.3) is 0 Å². The molecule has 0 radical (unpaired) electrons. The van der Waals surface area contributed by atoms with Crippen LogP contribution in [-0.2, 0) is 10.0 Å². The first kappa shape index (κ1) is 15.2. The van der Waals surface area contributed by atoms with Crippen molar-refractivity contribution in [1.82, 2.24) is 4.72 Å². The lowest BCUT2D eigenvalue weighted by molar-refractivity contribution is 0.555. The molecule has 0 bridgehead atoms. The van der Waals surface area contributed by atoms with Crippen molar-refractivity contribution in [2.45, 2.75) is 32.7 Å². The Labute approximate surface area is 97.4 Å². The Bertz CT molecular complexity index is 242. The molecule has 0 rings (SSSR count). The molecular formula is C9H22N2O2S2. The molecule has 4 nitrogen and oxygen atoms in total. The van der Waals surface area contributed by atoms with Gasteiger partial charge >= 0.3 is 0 Å². The summed E-state index contributed by atoms with van der Waals surface area (Å²) < 4.78 is 25.6. The minimum atomic E-state index is -3.12. The molecule has 0 aromatic carbocycles. The van der Waals surface area contributed by atoms with Crippen molar-refractivity contribution in [3.8, 4) is 0 Å². The van der Waals surface area contributed by atoms with E-state index in [0.29, 0.717) is 13.0 Å². The highest BCUT2D eigenvalue weighted by atomic mass is 32.2. The van der Waals surface area contributed by atoms with E-state index in [2.05, 4.69) is 11.6 Å². The number of rotatable bonds is 9. The lowest BCUT2D eigenvalue weighted by Gasteiger charge is -2.13. The maximum atomic E-state index is 11.5. The molecule has 0 aromatic heterocycles. The Kier molecular flexibility index (Phi) is 8.50. The third-order valence-corrected chi connectivity index (χ3v) is 4.42. The number of hydrogen-bond acceptors (Lipinski definition) is 4. The molecule has 0 fully saturated rings. The van der Waals surface area contributed by atoms with Gasteiger partial charge in [0, 0.05) is 6.04 Å². The topological polar surface area (TPSA) is 72.2 Å². The molecule has 0 aliphatic rings. The van der Waals surface area contributed by atoms with E-state index >= 15 is 0 Å². The van der Waals surface area contributed by atoms with Crippen LogP contribution in [0.3, 0.4) is 0 Å². The van der Waals surface area contributed by atoms with Crippen LogP contribution in [-0.4, -0.2) is 38.3 Å². The van der Waals surface area contributed by atoms with E-state index in [1.807, 2.05) is 18.7 Å². The second-order valence-corrected chi connectivity index (χ2v) is 6.73. The van der Waals surface area contributed by atoms with E-state index in [1.165, 1.54) is 0 Å². The molecule has 0 saturated carbocycles. The third-order valence-electron chi connectivity index (χ3n) is 1.90. The highest BCUT2D eigenvalue weighted by molar-refractivity contribution is 7.99. The molecule has 1 atom stereocenters. The predicted molar refractivity (Wildman–Crippen MR) is 67.7 cm³/mol. The number of thioether (sulfide) groups is 1. The number of nitrogens with one attached hydrogen (secondary N) is 1. The lowest BCUT2D eigenvalue weighted by atomic mass is 10.3. The normalized spacial score (nSPS) is 14.1. The van der Waals surface area contributed by atoms with Gasteiger partial charge in [0.1, 0.15) is 0 Å². The molecule has 0 aromatic rings. The molecule has 0 spiro atoms. The van der Waals surface area contributed by atoms with Crippen molar-refractivity contribution < 1.29 is 8.42 Å². The molecule has 0 aliphatic heterocycles. The van der Waals surface area contributed by atoms with Crippen LogP contribution in [0.4, 0.5) is 0 Å². The van der Waals surface area contributed by atoms with Crippen molar-refractivity contribution in [1.29, 1.82) is 0 Å². The van der Waals surface area contributed by atoms with E-state index in [1.54, 1.807) is 0 Å². The first-order chi connectivity index (χ1) is 7.02. The minimum absolute atomic E-state index is 0.0202. The SMILES string of the molecule is CCSCCC(C)NS(=O)(=O)CCCN. The smallest absolute Gasteiger partial charge is 0.211 e. The van der Waals surface area contributed by atoms with E-state index in [0.717, 1.165) is 17.9 Å². The summed E-state index contributed by atoms with van der Waals surface area (Å²) in [5.41, 5.74) is 5.27. The largest absolute Gasteiger partial charge is 0.330 e. The number of hydrogen-bond donors (Lipinski definition) is 2. The zero-order chi connectivity index (χ0) is 11.7. The van der Waals surface area contributed by atoms with Crippen LogP contribution in [0.1, 0.15) is 26.7 Å². The van der Waals surface area contributed by atoms with Gasteiger partial charge in [0.2, 0.25) is 10.0 Å². The van der Waals surface area contributed by atoms with Crippen molar-refractivity contribution in [3.63, 3.8) is 0 Å². The fourth-order valence-electron chi connectivity index (χ4n) is 1.10. The standard InChI is InChI=1S/C9H22N2O2S2/c1-3-14-7-5-9(2)11-15(12,13)8-4-6-10/h9,11H,3-8,10H2,1-2H3. The maximum Gasteiger partial charge on any atom is 0.211 e. The highest BCUT2D eigenvalue weighted by Crippen LogP contribution is 2.04. The predicted octanol–water partition coefficient (Wildman–Crippen LogP) is 0.786. The van der Waals surface area contributed by atoms with Gasteiger partial charge < -0.3 is 5.73 Å². The molecule has 0 heterocycles. The highest BCUT2D eigenvalue weighted by Gasteiger charge is 2.13. The Morgan fingerprint density at radius 1 is 1.47 bits per heavy atom. The maximum absolute atomic E-state index is 11.5. The van der Waals surface area contributed by atoms with E-state index in [4.69, 9.17) is 5.73 Å². The second kappa shape index (κ2) is 8.38. The first-order valence-electron chi connectivity index (χ1n) is 5.29. The number of sulfonamides is 1. The van der Waals surface area contributed by atoms with E-state index in [9.17, 15) is 8.42 Å². The van der Waals surface area contributed by atoms with Gasteiger partial charge in [-0.2, -0.15) is 11.8 Å². The molecular weight excluding hydrogens is 232 g/mol. The Morgan fingerprint density at radius 3 is 2.67 bits per heavy atom. The van der Waals surface area contributed by atoms with Gasteiger partial charge in [-0.15, -0.1) is 0 Å². The Morgan fingerprint density at radius 2 is 2.13 bits per heavy atom. The molecule has 1 unspecified atom stereocenters. The van der Waals surface area contributed by atoms with Gasteiger partial charge in [-0.1, -0.05) is 6.92 Å². The van der Waals surface area contributed by atoms with Crippen LogP contribution >= 0.6 is 11.8 Å². The lowest BCUT2D eigenvalue weighted by Crippen LogP contribution is -2.35. The summed E-state index contributed by atoms with van der Waals surface area (Å²) in [6, 6.07) is 0.0202. The van der Waals surface area contributed by atoms with Crippen LogP contribution in [0, 0.1) is 0 Å². The summed E-state index contributed by atoms with van der Waals surface area (Å²) in [6.07, 6.45) is 1.39. The summed E-state index contributed by atoms with van der Waals surface area (Å²) >= 11 is 1.83. The van der Waals surface area contributed by atoms with Crippen LogP contribution in [0.5, 0.6) is 0 Å². The average Bonchev–Trinajstić information content (AvgIpc) is 2.14. The summed E-state index contributed by atoms with van der Waals surface area (Å²) in [5.74, 6) is 2.21. The van der Waals surface area contributed by atoms with Gasteiger partial charge in [0.15, 0.2) is 0 Å². The fourth-order valence-corrected chi connectivity index (χ4v) is 3.31. The molecule has 15 heavy (non-hydrogen) atoms. The van der Waals surface area contributed by atoms with E-state index < -0.39 is 10.0 Å². The zero-order valence-electron chi connectivity index (χ0n) is 9.53. The summed E-state index contributed by atoms with van der Waals surface area (Å²) in [5, 5.41) is 0. The van der Waals surface area contributed by atoms with Crippen molar-refractivity contribution in [2.75, 3.05) is 23.8 Å². The first-order valence-corrected chi connectivity index (χ1v) is 8.10. The van der Waals surface area contributed by atoms with Crippen LogP contribution < -0.4 is 10.5 Å². The Balaban J connectivity index is 3.78. The van der Waals surface area contributed by atoms with Crippen molar-refractivity contribution in [2.24, 2.45) is 5.73 Å². The molecule has 6 heteroatoms. The Hall–Kier alpha value is 0.220. The summed E-state index contributed by atoms with van der Waals surface area (Å²) in [4.78, 5) is 0. The van der Waals surface area contributed by atoms with Crippen LogP contribution in [0.2, 0.25) is 0 Å². The molecule has 0 saturated heterocycles. The fraction of sp³-hybridized carbons (Fsp3) is 1.00. The minimum Gasteiger partial charge on any atom is -0.330 e. The van der Waals surface area contributed by atoms with Crippen molar-refractivity contribution in [3.05, 3.63) is 0 Å².